The van der Waals surface area contributed by atoms with E-state index >= 15 is 0 Å². The summed E-state index contributed by atoms with van der Waals surface area (Å²) in [4.78, 5) is 10.4. The second-order valence-electron chi connectivity index (χ2n) is 3.98. The second kappa shape index (κ2) is 3.40. The van der Waals surface area contributed by atoms with Crippen molar-refractivity contribution < 1.29 is 9.53 Å². The summed E-state index contributed by atoms with van der Waals surface area (Å²) in [7, 11) is 0. The fourth-order valence-electron chi connectivity index (χ4n) is 0.498. The molecule has 0 unspecified atom stereocenters. The maximum atomic E-state index is 10.4. The number of ether oxygens (including phenoxy) is 1. The van der Waals surface area contributed by atoms with Crippen LogP contribution in [-0.2, 0) is 9.53 Å². The van der Waals surface area contributed by atoms with E-state index in [1.807, 2.05) is 0 Å². The van der Waals surface area contributed by atoms with Crippen molar-refractivity contribution in [3.63, 3.8) is 0 Å². The van der Waals surface area contributed by atoms with E-state index in [4.69, 9.17) is 4.74 Å². The zero-order valence-electron chi connectivity index (χ0n) is 7.56. The van der Waals surface area contributed by atoms with Crippen LogP contribution in [0.3, 0.4) is 0 Å². The molecule has 0 radical (unpaired) electrons. The number of hydrogen-bond acceptors (Lipinski definition) is 2. The number of esters is 1. The van der Waals surface area contributed by atoms with Crippen molar-refractivity contribution in [1.29, 1.82) is 0 Å². The van der Waals surface area contributed by atoms with Crippen molar-refractivity contribution >= 4 is 26.8 Å². The van der Waals surface area contributed by atoms with E-state index in [2.05, 4.69) is 35.5 Å². The van der Waals surface area contributed by atoms with Crippen LogP contribution in [0.4, 0.5) is 0 Å². The van der Waals surface area contributed by atoms with Crippen LogP contribution in [0, 0.1) is 0 Å². The standard InChI is InChI=1S/C7H16BrO2P/c1-7(9)10-5-6-11(2,3,4)8/h5-6H2,1-4H3. The molecule has 2 nitrogen and oxygen atoms in total. The van der Waals surface area contributed by atoms with E-state index in [0.29, 0.717) is 6.61 Å². The van der Waals surface area contributed by atoms with Gasteiger partial charge < -0.3 is 0 Å². The van der Waals surface area contributed by atoms with Crippen LogP contribution in [0.1, 0.15) is 6.92 Å². The molecule has 68 valence electrons. The van der Waals surface area contributed by atoms with E-state index < -0.39 is 5.31 Å². The summed E-state index contributed by atoms with van der Waals surface area (Å²) in [5, 5.41) is -1.64. The summed E-state index contributed by atoms with van der Waals surface area (Å²) in [5.74, 6) is -0.196. The van der Waals surface area contributed by atoms with Gasteiger partial charge in [-0.2, -0.15) is 0 Å². The van der Waals surface area contributed by atoms with Gasteiger partial charge in [0.05, 0.1) is 0 Å². The van der Waals surface area contributed by atoms with E-state index in [1.54, 1.807) is 0 Å². The molecule has 0 N–H and O–H groups in total. The molecular weight excluding hydrogens is 227 g/mol. The van der Waals surface area contributed by atoms with Crippen LogP contribution >= 0.6 is 20.8 Å². The molecule has 0 bridgehead atoms. The monoisotopic (exact) mass is 242 g/mol. The van der Waals surface area contributed by atoms with Gasteiger partial charge in [-0.25, -0.2) is 0 Å². The first kappa shape index (κ1) is 11.4. The Kier molecular flexibility index (Phi) is 3.52. The molecule has 0 spiro atoms. The molecule has 0 fully saturated rings. The van der Waals surface area contributed by atoms with Crippen LogP contribution < -0.4 is 0 Å². The molecule has 0 heterocycles. The number of halogens is 1. The number of carbonyl (C=O) groups is 1. The number of rotatable bonds is 3. The van der Waals surface area contributed by atoms with Crippen LogP contribution in [0.2, 0.25) is 0 Å². The molecule has 0 aromatic heterocycles. The minimum atomic E-state index is -1.64. The number of hydrogen-bond donors (Lipinski definition) is 0. The average Bonchev–Trinajstić information content (AvgIpc) is 1.56. The van der Waals surface area contributed by atoms with Crippen molar-refractivity contribution in [2.45, 2.75) is 6.92 Å². The van der Waals surface area contributed by atoms with Crippen LogP contribution in [0.15, 0.2) is 0 Å². The molecule has 11 heavy (non-hydrogen) atoms. The normalized spacial score (nSPS) is 15.2. The van der Waals surface area contributed by atoms with E-state index in [1.165, 1.54) is 6.92 Å². The molecule has 0 aliphatic heterocycles. The Bertz CT molecular complexity index is 150. The van der Waals surface area contributed by atoms with Crippen LogP contribution in [0.25, 0.3) is 0 Å². The molecule has 0 aliphatic rings. The topological polar surface area (TPSA) is 26.3 Å². The summed E-state index contributed by atoms with van der Waals surface area (Å²) in [6.45, 7) is 8.53. The molecule has 0 aromatic rings. The Balaban J connectivity index is 3.64. The summed E-state index contributed by atoms with van der Waals surface area (Å²) in [5.41, 5.74) is 0. The van der Waals surface area contributed by atoms with E-state index in [0.717, 1.165) is 6.16 Å². The van der Waals surface area contributed by atoms with E-state index in [-0.39, 0.29) is 5.97 Å². The Labute approximate surface area is 76.4 Å². The SMILES string of the molecule is CC(=O)OCCP(C)(C)(C)Br. The zero-order chi connectivity index (χ0) is 9.15. The molecule has 0 aromatic carbocycles. The quantitative estimate of drug-likeness (QED) is 0.561. The van der Waals surface area contributed by atoms with Gasteiger partial charge in [-0.15, -0.1) is 0 Å². The maximum absolute atomic E-state index is 10.4. The fraction of sp³-hybridized carbons (Fsp3) is 0.857. The van der Waals surface area contributed by atoms with Crippen molar-refractivity contribution in [3.8, 4) is 0 Å². The first-order valence-electron chi connectivity index (χ1n) is 3.52. The molecule has 0 rings (SSSR count). The van der Waals surface area contributed by atoms with Gasteiger partial charge in [-0.3, -0.25) is 0 Å². The summed E-state index contributed by atoms with van der Waals surface area (Å²) in [6, 6.07) is 0. The van der Waals surface area contributed by atoms with Gasteiger partial charge in [0, 0.05) is 0 Å². The molecule has 0 atom stereocenters. The first-order chi connectivity index (χ1) is 4.67. The predicted octanol–water partition coefficient (Wildman–Crippen LogP) is 2.30. The molecule has 0 saturated carbocycles. The molecule has 0 aliphatic carbocycles. The van der Waals surface area contributed by atoms with Crippen molar-refractivity contribution in [2.75, 3.05) is 32.8 Å². The molecule has 4 heteroatoms. The van der Waals surface area contributed by atoms with Crippen molar-refractivity contribution in [2.24, 2.45) is 0 Å². The Morgan fingerprint density at radius 3 is 2.18 bits per heavy atom. The summed E-state index contributed by atoms with van der Waals surface area (Å²) >= 11 is 3.67. The molecule has 0 amide bonds. The Hall–Kier alpha value is 0.380. The van der Waals surface area contributed by atoms with Gasteiger partial charge in [-0.05, 0) is 0 Å². The Morgan fingerprint density at radius 1 is 1.45 bits per heavy atom. The van der Waals surface area contributed by atoms with Gasteiger partial charge in [0.2, 0.25) is 0 Å². The third-order valence-electron chi connectivity index (χ3n) is 1.15. The van der Waals surface area contributed by atoms with Gasteiger partial charge in [-0.1, -0.05) is 0 Å². The fourth-order valence-corrected chi connectivity index (χ4v) is 1.64. The van der Waals surface area contributed by atoms with Gasteiger partial charge in [0.15, 0.2) is 0 Å². The predicted molar refractivity (Wildman–Crippen MR) is 55.1 cm³/mol. The summed E-state index contributed by atoms with van der Waals surface area (Å²) < 4.78 is 4.85. The van der Waals surface area contributed by atoms with Crippen molar-refractivity contribution in [3.05, 3.63) is 0 Å². The molecular formula is C7H16BrO2P. The summed E-state index contributed by atoms with van der Waals surface area (Å²) in [6.07, 6.45) is 0.936. The van der Waals surface area contributed by atoms with E-state index in [9.17, 15) is 4.79 Å². The minimum absolute atomic E-state index is 0.196. The third-order valence-corrected chi connectivity index (χ3v) is 3.91. The first-order valence-corrected chi connectivity index (χ1v) is 9.31. The average molecular weight is 243 g/mol. The zero-order valence-corrected chi connectivity index (χ0v) is 10.0. The third kappa shape index (κ3) is 10.4. The van der Waals surface area contributed by atoms with Gasteiger partial charge >= 0.3 is 76.0 Å². The van der Waals surface area contributed by atoms with Crippen LogP contribution in [0.5, 0.6) is 0 Å². The Morgan fingerprint density at radius 2 is 1.91 bits per heavy atom. The van der Waals surface area contributed by atoms with Crippen molar-refractivity contribution in [1.82, 2.24) is 0 Å². The second-order valence-corrected chi connectivity index (χ2v) is 18.1. The van der Waals surface area contributed by atoms with Gasteiger partial charge in [0.1, 0.15) is 0 Å². The van der Waals surface area contributed by atoms with Gasteiger partial charge in [0.25, 0.3) is 0 Å². The van der Waals surface area contributed by atoms with Crippen LogP contribution in [-0.4, -0.2) is 38.7 Å². The molecule has 0 saturated heterocycles. The number of carbonyl (C=O) groups excluding carboxylic acids is 1.